The van der Waals surface area contributed by atoms with Gasteiger partial charge in [-0.15, -0.1) is 0 Å². The zero-order valence-corrected chi connectivity index (χ0v) is 16.3. The second-order valence-electron chi connectivity index (χ2n) is 6.87. The molecular formula is C22H29N3O2. The summed E-state index contributed by atoms with van der Waals surface area (Å²) in [5.74, 6) is 1.02. The Morgan fingerprint density at radius 3 is 2.48 bits per heavy atom. The van der Waals surface area contributed by atoms with Crippen LogP contribution in [0, 0.1) is 6.92 Å². The van der Waals surface area contributed by atoms with Crippen molar-refractivity contribution in [1.82, 2.24) is 10.2 Å². The molecule has 0 aromatic heterocycles. The number of hydrogen-bond acceptors (Lipinski definition) is 4. The molecule has 3 rings (SSSR count). The summed E-state index contributed by atoms with van der Waals surface area (Å²) in [6, 6.07) is 16.3. The van der Waals surface area contributed by atoms with Gasteiger partial charge in [0, 0.05) is 32.7 Å². The second kappa shape index (κ2) is 9.42. The molecule has 0 radical (unpaired) electrons. The van der Waals surface area contributed by atoms with Crippen LogP contribution in [0.2, 0.25) is 0 Å². The first-order chi connectivity index (χ1) is 13.2. The summed E-state index contributed by atoms with van der Waals surface area (Å²) in [7, 11) is 0. The van der Waals surface area contributed by atoms with Gasteiger partial charge < -0.3 is 15.0 Å². The van der Waals surface area contributed by atoms with Crippen molar-refractivity contribution >= 4 is 11.6 Å². The lowest BCUT2D eigenvalue weighted by molar-refractivity contribution is -0.122. The van der Waals surface area contributed by atoms with Crippen molar-refractivity contribution in [1.29, 1.82) is 0 Å². The van der Waals surface area contributed by atoms with Crippen LogP contribution in [-0.2, 0) is 11.3 Å². The molecule has 0 unspecified atom stereocenters. The maximum Gasteiger partial charge on any atom is 0.234 e. The Balaban J connectivity index is 1.47. The quantitative estimate of drug-likeness (QED) is 0.817. The smallest absolute Gasteiger partial charge is 0.234 e. The number of benzene rings is 2. The normalized spacial score (nSPS) is 14.8. The van der Waals surface area contributed by atoms with Gasteiger partial charge in [-0.25, -0.2) is 0 Å². The monoisotopic (exact) mass is 367 g/mol. The topological polar surface area (TPSA) is 44.8 Å². The number of ether oxygens (including phenoxy) is 1. The number of nitrogens with one attached hydrogen (secondary N) is 1. The molecule has 5 heteroatoms. The van der Waals surface area contributed by atoms with Crippen molar-refractivity contribution in [2.24, 2.45) is 0 Å². The minimum Gasteiger partial charge on any atom is -0.492 e. The molecule has 0 saturated carbocycles. The fourth-order valence-electron chi connectivity index (χ4n) is 3.40. The maximum absolute atomic E-state index is 12.3. The minimum atomic E-state index is 0.0846. The Morgan fingerprint density at radius 1 is 1.04 bits per heavy atom. The summed E-state index contributed by atoms with van der Waals surface area (Å²) in [5.41, 5.74) is 3.52. The first kappa shape index (κ1) is 19.2. The van der Waals surface area contributed by atoms with E-state index in [9.17, 15) is 4.79 Å². The standard InChI is InChI=1S/C22H29N3O2/c1-3-27-21-11-7-6-10-20(21)25-14-12-24(13-15-25)17-22(26)23-16-19-9-5-4-8-18(19)2/h4-11H,3,12-17H2,1-2H3,(H,23,26). The third-order valence-electron chi connectivity index (χ3n) is 4.98. The highest BCUT2D eigenvalue weighted by Gasteiger charge is 2.21. The summed E-state index contributed by atoms with van der Waals surface area (Å²) < 4.78 is 5.75. The fraction of sp³-hybridized carbons (Fsp3) is 0.409. The second-order valence-corrected chi connectivity index (χ2v) is 6.87. The van der Waals surface area contributed by atoms with Crippen LogP contribution in [0.5, 0.6) is 5.75 Å². The van der Waals surface area contributed by atoms with Crippen molar-refractivity contribution in [2.75, 3.05) is 44.2 Å². The van der Waals surface area contributed by atoms with E-state index in [1.165, 1.54) is 11.1 Å². The van der Waals surface area contributed by atoms with Gasteiger partial charge >= 0.3 is 0 Å². The van der Waals surface area contributed by atoms with Crippen molar-refractivity contribution in [3.05, 3.63) is 59.7 Å². The Hall–Kier alpha value is -2.53. The van der Waals surface area contributed by atoms with Crippen molar-refractivity contribution in [3.63, 3.8) is 0 Å². The average molecular weight is 367 g/mol. The van der Waals surface area contributed by atoms with Crippen LogP contribution in [0.3, 0.4) is 0 Å². The summed E-state index contributed by atoms with van der Waals surface area (Å²) in [6.45, 7) is 9.32. The lowest BCUT2D eigenvalue weighted by atomic mass is 10.1. The van der Waals surface area contributed by atoms with Crippen LogP contribution in [-0.4, -0.2) is 50.1 Å². The van der Waals surface area contributed by atoms with E-state index in [2.05, 4.69) is 40.2 Å². The van der Waals surface area contributed by atoms with Gasteiger partial charge in [0.2, 0.25) is 5.91 Å². The summed E-state index contributed by atoms with van der Waals surface area (Å²) in [4.78, 5) is 16.9. The van der Waals surface area contributed by atoms with Gasteiger partial charge in [0.15, 0.2) is 0 Å². The SMILES string of the molecule is CCOc1ccccc1N1CCN(CC(=O)NCc2ccccc2C)CC1. The van der Waals surface area contributed by atoms with Crippen LogP contribution < -0.4 is 15.0 Å². The predicted molar refractivity (Wildman–Crippen MR) is 109 cm³/mol. The molecule has 0 spiro atoms. The van der Waals surface area contributed by atoms with E-state index < -0.39 is 0 Å². The molecular weight excluding hydrogens is 338 g/mol. The van der Waals surface area contributed by atoms with E-state index in [0.717, 1.165) is 37.6 Å². The third kappa shape index (κ3) is 5.23. The van der Waals surface area contributed by atoms with Crippen LogP contribution >= 0.6 is 0 Å². The number of piperazine rings is 1. The molecule has 1 fully saturated rings. The number of nitrogens with zero attached hydrogens (tertiary/aromatic N) is 2. The lowest BCUT2D eigenvalue weighted by Crippen LogP contribution is -2.49. The maximum atomic E-state index is 12.3. The molecule has 1 aliphatic heterocycles. The summed E-state index contributed by atoms with van der Waals surface area (Å²) >= 11 is 0. The number of carbonyl (C=O) groups excluding carboxylic acids is 1. The number of amides is 1. The van der Waals surface area contributed by atoms with Crippen LogP contribution in [0.15, 0.2) is 48.5 Å². The molecule has 2 aromatic carbocycles. The van der Waals surface area contributed by atoms with Crippen molar-refractivity contribution < 1.29 is 9.53 Å². The molecule has 0 bridgehead atoms. The van der Waals surface area contributed by atoms with Gasteiger partial charge in [-0.3, -0.25) is 9.69 Å². The van der Waals surface area contributed by atoms with E-state index in [-0.39, 0.29) is 5.91 Å². The molecule has 1 aliphatic rings. The molecule has 27 heavy (non-hydrogen) atoms. The van der Waals surface area contributed by atoms with Gasteiger partial charge in [0.25, 0.3) is 0 Å². The van der Waals surface area contributed by atoms with E-state index in [4.69, 9.17) is 4.74 Å². The van der Waals surface area contributed by atoms with E-state index in [1.54, 1.807) is 0 Å². The molecule has 1 amide bonds. The first-order valence-electron chi connectivity index (χ1n) is 9.67. The average Bonchev–Trinajstić information content (AvgIpc) is 2.69. The van der Waals surface area contributed by atoms with Crippen LogP contribution in [0.1, 0.15) is 18.1 Å². The molecule has 0 atom stereocenters. The highest BCUT2D eigenvalue weighted by Crippen LogP contribution is 2.28. The third-order valence-corrected chi connectivity index (χ3v) is 4.98. The Kier molecular flexibility index (Phi) is 6.71. The molecule has 0 aliphatic carbocycles. The van der Waals surface area contributed by atoms with Gasteiger partial charge in [-0.2, -0.15) is 0 Å². The fourth-order valence-corrected chi connectivity index (χ4v) is 3.40. The molecule has 2 aromatic rings. The number of anilines is 1. The number of hydrogen-bond donors (Lipinski definition) is 1. The Morgan fingerprint density at radius 2 is 1.74 bits per heavy atom. The molecule has 1 N–H and O–H groups in total. The lowest BCUT2D eigenvalue weighted by Gasteiger charge is -2.36. The van der Waals surface area contributed by atoms with E-state index >= 15 is 0 Å². The van der Waals surface area contributed by atoms with Crippen LogP contribution in [0.25, 0.3) is 0 Å². The summed E-state index contributed by atoms with van der Waals surface area (Å²) in [6.07, 6.45) is 0. The molecule has 5 nitrogen and oxygen atoms in total. The van der Waals surface area contributed by atoms with E-state index in [1.807, 2.05) is 37.3 Å². The van der Waals surface area contributed by atoms with Crippen LogP contribution in [0.4, 0.5) is 5.69 Å². The van der Waals surface area contributed by atoms with E-state index in [0.29, 0.717) is 19.7 Å². The largest absolute Gasteiger partial charge is 0.492 e. The Bertz CT molecular complexity index is 755. The number of aryl methyl sites for hydroxylation is 1. The zero-order chi connectivity index (χ0) is 19.1. The van der Waals surface area contributed by atoms with Gasteiger partial charge in [0.05, 0.1) is 18.8 Å². The van der Waals surface area contributed by atoms with Gasteiger partial charge in [-0.1, -0.05) is 36.4 Å². The highest BCUT2D eigenvalue weighted by atomic mass is 16.5. The van der Waals surface area contributed by atoms with Gasteiger partial charge in [0.1, 0.15) is 5.75 Å². The first-order valence-corrected chi connectivity index (χ1v) is 9.67. The number of rotatable bonds is 7. The van der Waals surface area contributed by atoms with Crippen molar-refractivity contribution in [3.8, 4) is 5.75 Å². The minimum absolute atomic E-state index is 0.0846. The Labute approximate surface area is 161 Å². The molecule has 1 heterocycles. The predicted octanol–water partition coefficient (Wildman–Crippen LogP) is 2.83. The number of para-hydroxylation sites is 2. The summed E-state index contributed by atoms with van der Waals surface area (Å²) in [5, 5.41) is 3.04. The zero-order valence-electron chi connectivity index (χ0n) is 16.3. The van der Waals surface area contributed by atoms with Gasteiger partial charge in [-0.05, 0) is 37.1 Å². The molecule has 144 valence electrons. The van der Waals surface area contributed by atoms with Crippen molar-refractivity contribution in [2.45, 2.75) is 20.4 Å². The number of carbonyl (C=O) groups is 1. The highest BCUT2D eigenvalue weighted by molar-refractivity contribution is 5.78. The molecule has 1 saturated heterocycles.